The average Bonchev–Trinajstić information content (AvgIpc) is 3.26. The summed E-state index contributed by atoms with van der Waals surface area (Å²) < 4.78 is 18.1. The van der Waals surface area contributed by atoms with Crippen LogP contribution in [-0.4, -0.2) is 41.6 Å². The molecular weight excluding hydrogens is 384 g/mol. The maximum absolute atomic E-state index is 12.7. The molecule has 3 rings (SSSR count). The Labute approximate surface area is 175 Å². The van der Waals surface area contributed by atoms with Crippen molar-refractivity contribution in [3.05, 3.63) is 64.8 Å². The average molecular weight is 410 g/mol. The molecule has 0 fully saturated rings. The normalized spacial score (nSPS) is 12.0. The van der Waals surface area contributed by atoms with Crippen molar-refractivity contribution < 1.29 is 23.5 Å². The van der Waals surface area contributed by atoms with E-state index in [1.54, 1.807) is 14.0 Å². The quantitative estimate of drug-likeness (QED) is 0.406. The van der Waals surface area contributed by atoms with Gasteiger partial charge in [0.05, 0.1) is 12.6 Å². The summed E-state index contributed by atoms with van der Waals surface area (Å²) in [4.78, 5) is 29.4. The molecule has 1 atom stereocenters. The van der Waals surface area contributed by atoms with E-state index in [9.17, 15) is 9.59 Å². The van der Waals surface area contributed by atoms with E-state index in [4.69, 9.17) is 13.9 Å². The highest BCUT2D eigenvalue weighted by Gasteiger charge is 2.23. The van der Waals surface area contributed by atoms with Gasteiger partial charge in [0.15, 0.2) is 12.3 Å². The molecule has 0 saturated carbocycles. The molecule has 7 heteroatoms. The number of rotatable bonds is 8. The van der Waals surface area contributed by atoms with Crippen LogP contribution in [0.25, 0.3) is 11.5 Å². The van der Waals surface area contributed by atoms with Gasteiger partial charge in [-0.1, -0.05) is 18.2 Å². The Morgan fingerprint density at radius 3 is 2.53 bits per heavy atom. The van der Waals surface area contributed by atoms with Gasteiger partial charge in [-0.2, -0.15) is 0 Å². The van der Waals surface area contributed by atoms with Gasteiger partial charge in [0.1, 0.15) is 5.76 Å². The molecule has 2 aromatic heterocycles. The molecule has 30 heavy (non-hydrogen) atoms. The number of ketones is 1. The standard InChI is InChI=1S/C23H26N2O5/c1-14-11-19(16(3)25(14)15(2)12-28-5)20(26)13-29-23(27)21-17(4)30-22(24-21)18-9-7-6-8-10-18/h6-11,15H,12-13H2,1-5H3/t15-/m1/s1. The van der Waals surface area contributed by atoms with Crippen LogP contribution < -0.4 is 0 Å². The highest BCUT2D eigenvalue weighted by Crippen LogP contribution is 2.23. The summed E-state index contributed by atoms with van der Waals surface area (Å²) in [5, 5.41) is 0. The molecule has 0 spiro atoms. The number of aryl methyl sites for hydroxylation is 2. The summed E-state index contributed by atoms with van der Waals surface area (Å²) in [7, 11) is 1.64. The zero-order chi connectivity index (χ0) is 21.8. The number of methoxy groups -OCH3 is 1. The first kappa shape index (κ1) is 21.5. The molecule has 3 aromatic rings. The first-order valence-corrected chi connectivity index (χ1v) is 9.74. The number of esters is 1. The molecule has 2 heterocycles. The van der Waals surface area contributed by atoms with E-state index in [-0.39, 0.29) is 24.1 Å². The van der Waals surface area contributed by atoms with E-state index in [2.05, 4.69) is 4.98 Å². The predicted molar refractivity (Wildman–Crippen MR) is 112 cm³/mol. The third-order valence-electron chi connectivity index (χ3n) is 4.98. The number of benzene rings is 1. The number of nitrogens with zero attached hydrogens (tertiary/aromatic N) is 2. The molecule has 1 aromatic carbocycles. The molecule has 0 N–H and O–H groups in total. The Hall–Kier alpha value is -3.19. The van der Waals surface area contributed by atoms with Gasteiger partial charge >= 0.3 is 5.97 Å². The van der Waals surface area contributed by atoms with Gasteiger partial charge in [-0.05, 0) is 45.9 Å². The van der Waals surface area contributed by atoms with Crippen LogP contribution in [0.2, 0.25) is 0 Å². The van der Waals surface area contributed by atoms with Crippen LogP contribution in [0.3, 0.4) is 0 Å². The summed E-state index contributed by atoms with van der Waals surface area (Å²) in [6.45, 7) is 7.65. The number of aromatic nitrogens is 2. The lowest BCUT2D eigenvalue weighted by molar-refractivity contribution is 0.0467. The van der Waals surface area contributed by atoms with E-state index < -0.39 is 5.97 Å². The van der Waals surface area contributed by atoms with Crippen molar-refractivity contribution in [1.29, 1.82) is 0 Å². The smallest absolute Gasteiger partial charge is 0.361 e. The molecule has 158 valence electrons. The predicted octanol–water partition coefficient (Wildman–Crippen LogP) is 4.32. The lowest BCUT2D eigenvalue weighted by Gasteiger charge is -2.17. The van der Waals surface area contributed by atoms with Gasteiger partial charge in [0.2, 0.25) is 11.7 Å². The number of hydrogen-bond donors (Lipinski definition) is 0. The van der Waals surface area contributed by atoms with E-state index in [0.717, 1.165) is 17.0 Å². The number of ether oxygens (including phenoxy) is 2. The number of hydrogen-bond acceptors (Lipinski definition) is 6. The zero-order valence-electron chi connectivity index (χ0n) is 17.9. The summed E-state index contributed by atoms with van der Waals surface area (Å²) in [6, 6.07) is 11.2. The molecule has 0 saturated heterocycles. The van der Waals surface area contributed by atoms with Crippen molar-refractivity contribution in [3.8, 4) is 11.5 Å². The van der Waals surface area contributed by atoms with E-state index in [1.165, 1.54) is 0 Å². The minimum Gasteiger partial charge on any atom is -0.452 e. The monoisotopic (exact) mass is 410 g/mol. The number of oxazole rings is 1. The number of carbonyl (C=O) groups is 2. The fourth-order valence-corrected chi connectivity index (χ4v) is 3.62. The zero-order valence-corrected chi connectivity index (χ0v) is 17.9. The van der Waals surface area contributed by atoms with E-state index in [1.807, 2.05) is 61.7 Å². The van der Waals surface area contributed by atoms with Crippen molar-refractivity contribution >= 4 is 11.8 Å². The maximum Gasteiger partial charge on any atom is 0.361 e. The lowest BCUT2D eigenvalue weighted by atomic mass is 10.1. The molecule has 0 amide bonds. The van der Waals surface area contributed by atoms with Crippen LogP contribution in [0.4, 0.5) is 0 Å². The molecule has 0 bridgehead atoms. The highest BCUT2D eigenvalue weighted by molar-refractivity contribution is 6.00. The minimum atomic E-state index is -0.687. The van der Waals surface area contributed by atoms with Crippen LogP contribution >= 0.6 is 0 Å². The van der Waals surface area contributed by atoms with Crippen molar-refractivity contribution in [1.82, 2.24) is 9.55 Å². The van der Waals surface area contributed by atoms with Gasteiger partial charge in [-0.15, -0.1) is 0 Å². The Kier molecular flexibility index (Phi) is 6.52. The number of carbonyl (C=O) groups excluding carboxylic acids is 2. The first-order chi connectivity index (χ1) is 14.3. The third-order valence-corrected chi connectivity index (χ3v) is 4.98. The molecular formula is C23H26N2O5. The Morgan fingerprint density at radius 2 is 1.87 bits per heavy atom. The van der Waals surface area contributed by atoms with Gasteiger partial charge in [0.25, 0.3) is 0 Å². The van der Waals surface area contributed by atoms with Crippen molar-refractivity contribution in [3.63, 3.8) is 0 Å². The maximum atomic E-state index is 12.7. The molecule has 0 aliphatic rings. The topological polar surface area (TPSA) is 83.6 Å². The molecule has 7 nitrogen and oxygen atoms in total. The highest BCUT2D eigenvalue weighted by atomic mass is 16.5. The van der Waals surface area contributed by atoms with Gasteiger partial charge in [-0.25, -0.2) is 9.78 Å². The third kappa shape index (κ3) is 4.36. The lowest BCUT2D eigenvalue weighted by Crippen LogP contribution is -2.17. The van der Waals surface area contributed by atoms with Crippen molar-refractivity contribution in [2.45, 2.75) is 33.7 Å². The van der Waals surface area contributed by atoms with Gasteiger partial charge < -0.3 is 18.5 Å². The van der Waals surface area contributed by atoms with Crippen LogP contribution in [0.5, 0.6) is 0 Å². The Morgan fingerprint density at radius 1 is 1.17 bits per heavy atom. The Balaban J connectivity index is 1.71. The second kappa shape index (κ2) is 9.09. The SMILES string of the molecule is COC[C@@H](C)n1c(C)cc(C(=O)COC(=O)c2nc(-c3ccccc3)oc2C)c1C. The van der Waals surface area contributed by atoms with E-state index >= 15 is 0 Å². The first-order valence-electron chi connectivity index (χ1n) is 9.74. The molecule has 0 unspecified atom stereocenters. The summed E-state index contributed by atoms with van der Waals surface area (Å²) in [5.74, 6) is -0.273. The second-order valence-electron chi connectivity index (χ2n) is 7.25. The molecule has 0 aliphatic carbocycles. The minimum absolute atomic E-state index is 0.0702. The summed E-state index contributed by atoms with van der Waals surface area (Å²) >= 11 is 0. The van der Waals surface area contributed by atoms with Gasteiger partial charge in [0, 0.05) is 29.6 Å². The van der Waals surface area contributed by atoms with Crippen LogP contribution in [0.1, 0.15) is 51.0 Å². The Bertz CT molecular complexity index is 1050. The van der Waals surface area contributed by atoms with Crippen molar-refractivity contribution in [2.75, 3.05) is 20.3 Å². The van der Waals surface area contributed by atoms with Crippen LogP contribution in [0.15, 0.2) is 40.8 Å². The summed E-state index contributed by atoms with van der Waals surface area (Å²) in [6.07, 6.45) is 0. The van der Waals surface area contributed by atoms with Crippen LogP contribution in [0, 0.1) is 20.8 Å². The van der Waals surface area contributed by atoms with Gasteiger partial charge in [-0.3, -0.25) is 4.79 Å². The summed E-state index contributed by atoms with van der Waals surface area (Å²) in [5.41, 5.74) is 3.13. The fraction of sp³-hybridized carbons (Fsp3) is 0.348. The number of Topliss-reactive ketones (excluding diaryl/α,β-unsaturated/α-hetero) is 1. The second-order valence-corrected chi connectivity index (χ2v) is 7.25. The van der Waals surface area contributed by atoms with Crippen LogP contribution in [-0.2, 0) is 9.47 Å². The van der Waals surface area contributed by atoms with E-state index in [0.29, 0.717) is 23.8 Å². The molecule has 0 radical (unpaired) electrons. The largest absolute Gasteiger partial charge is 0.452 e. The fourth-order valence-electron chi connectivity index (χ4n) is 3.62. The van der Waals surface area contributed by atoms with Crippen molar-refractivity contribution in [2.24, 2.45) is 0 Å². The molecule has 0 aliphatic heterocycles.